The molecule has 0 saturated carbocycles. The molecular formula is C13H18ClF4NO. The summed E-state index contributed by atoms with van der Waals surface area (Å²) in [6.45, 7) is 4.07. The molecule has 2 nitrogen and oxygen atoms in total. The van der Waals surface area contributed by atoms with Gasteiger partial charge in [-0.3, -0.25) is 0 Å². The van der Waals surface area contributed by atoms with Crippen LogP contribution < -0.4 is 10.5 Å². The fraction of sp³-hybridized carbons (Fsp3) is 0.538. The highest BCUT2D eigenvalue weighted by atomic mass is 35.5. The van der Waals surface area contributed by atoms with E-state index in [1.807, 2.05) is 13.8 Å². The van der Waals surface area contributed by atoms with E-state index in [-0.39, 0.29) is 12.4 Å². The van der Waals surface area contributed by atoms with Crippen LogP contribution in [0.15, 0.2) is 18.2 Å². The zero-order valence-electron chi connectivity index (χ0n) is 11.2. The van der Waals surface area contributed by atoms with Crippen molar-refractivity contribution in [3.05, 3.63) is 29.6 Å². The summed E-state index contributed by atoms with van der Waals surface area (Å²) in [5, 5.41) is 0. The molecule has 2 N–H and O–H groups in total. The van der Waals surface area contributed by atoms with E-state index in [0.29, 0.717) is 17.9 Å². The second-order valence-electron chi connectivity index (χ2n) is 4.82. The van der Waals surface area contributed by atoms with Gasteiger partial charge in [-0.1, -0.05) is 19.9 Å². The minimum atomic E-state index is -4.90. The van der Waals surface area contributed by atoms with Gasteiger partial charge in [0.25, 0.3) is 0 Å². The molecule has 0 aliphatic rings. The Bertz CT molecular complexity index is 423. The number of nitrogens with two attached hydrogens (primary N) is 1. The summed E-state index contributed by atoms with van der Waals surface area (Å²) in [5.41, 5.74) is 6.33. The van der Waals surface area contributed by atoms with Crippen LogP contribution in [0.1, 0.15) is 38.3 Å². The summed E-state index contributed by atoms with van der Waals surface area (Å²) >= 11 is 0. The van der Waals surface area contributed by atoms with Crippen LogP contribution in [0.5, 0.6) is 5.75 Å². The van der Waals surface area contributed by atoms with Gasteiger partial charge >= 0.3 is 6.36 Å². The largest absolute Gasteiger partial charge is 0.573 e. The quantitative estimate of drug-likeness (QED) is 0.807. The maximum absolute atomic E-state index is 13.5. The van der Waals surface area contributed by atoms with Gasteiger partial charge in [-0.2, -0.15) is 0 Å². The fourth-order valence-electron chi connectivity index (χ4n) is 1.63. The molecule has 0 radical (unpaired) electrons. The molecule has 0 heterocycles. The van der Waals surface area contributed by atoms with Crippen molar-refractivity contribution in [2.24, 2.45) is 11.7 Å². The van der Waals surface area contributed by atoms with Gasteiger partial charge < -0.3 is 10.5 Å². The summed E-state index contributed by atoms with van der Waals surface area (Å²) in [4.78, 5) is 0. The molecule has 0 aromatic heterocycles. The van der Waals surface area contributed by atoms with E-state index in [1.165, 1.54) is 6.07 Å². The smallest absolute Gasteiger partial charge is 0.403 e. The fourth-order valence-corrected chi connectivity index (χ4v) is 1.63. The Morgan fingerprint density at radius 2 is 1.80 bits per heavy atom. The lowest BCUT2D eigenvalue weighted by Crippen LogP contribution is -2.18. The maximum atomic E-state index is 13.5. The van der Waals surface area contributed by atoms with Crippen molar-refractivity contribution in [3.63, 3.8) is 0 Å². The molecule has 0 fully saturated rings. The number of hydrogen-bond acceptors (Lipinski definition) is 2. The summed E-state index contributed by atoms with van der Waals surface area (Å²) < 4.78 is 52.9. The molecule has 7 heteroatoms. The van der Waals surface area contributed by atoms with Gasteiger partial charge in [0.2, 0.25) is 0 Å². The van der Waals surface area contributed by atoms with Gasteiger partial charge in [-0.15, -0.1) is 25.6 Å². The Morgan fingerprint density at radius 1 is 1.20 bits per heavy atom. The van der Waals surface area contributed by atoms with Crippen LogP contribution >= 0.6 is 12.4 Å². The van der Waals surface area contributed by atoms with E-state index in [2.05, 4.69) is 4.74 Å². The van der Waals surface area contributed by atoms with E-state index in [4.69, 9.17) is 5.73 Å². The molecule has 0 saturated heterocycles. The van der Waals surface area contributed by atoms with Crippen molar-refractivity contribution in [2.75, 3.05) is 0 Å². The zero-order valence-corrected chi connectivity index (χ0v) is 12.0. The molecule has 0 aliphatic heterocycles. The van der Waals surface area contributed by atoms with Crippen LogP contribution in [0.25, 0.3) is 0 Å². The lowest BCUT2D eigenvalue weighted by molar-refractivity contribution is -0.275. The number of halogens is 5. The molecule has 1 atom stereocenters. The third-order valence-electron chi connectivity index (χ3n) is 2.66. The molecule has 0 amide bonds. The van der Waals surface area contributed by atoms with E-state index < -0.39 is 24.0 Å². The SMILES string of the molecule is CC(C)CC[C@H](N)c1ccc(OC(F)(F)F)c(F)c1.Cl. The average Bonchev–Trinajstić information content (AvgIpc) is 2.27. The number of rotatable bonds is 5. The average molecular weight is 316 g/mol. The van der Waals surface area contributed by atoms with Crippen LogP contribution in [-0.2, 0) is 0 Å². The van der Waals surface area contributed by atoms with Crippen LogP contribution in [0.3, 0.4) is 0 Å². The Balaban J connectivity index is 0.00000361. The molecule has 1 aromatic rings. The second kappa shape index (κ2) is 7.69. The van der Waals surface area contributed by atoms with Crippen LogP contribution in [0.2, 0.25) is 0 Å². The monoisotopic (exact) mass is 315 g/mol. The third kappa shape index (κ3) is 6.43. The van der Waals surface area contributed by atoms with Gasteiger partial charge in [-0.25, -0.2) is 4.39 Å². The van der Waals surface area contributed by atoms with Crippen LogP contribution in [0.4, 0.5) is 17.6 Å². The van der Waals surface area contributed by atoms with Gasteiger partial charge in [-0.05, 0) is 36.5 Å². The summed E-state index contributed by atoms with van der Waals surface area (Å²) in [6, 6.07) is 2.91. The van der Waals surface area contributed by atoms with Crippen LogP contribution in [-0.4, -0.2) is 6.36 Å². The maximum Gasteiger partial charge on any atom is 0.573 e. The third-order valence-corrected chi connectivity index (χ3v) is 2.66. The Morgan fingerprint density at radius 3 is 2.25 bits per heavy atom. The Labute approximate surface area is 121 Å². The normalized spacial score (nSPS) is 13.0. The predicted octanol–water partition coefficient (Wildman–Crippen LogP) is 4.58. The number of hydrogen-bond donors (Lipinski definition) is 1. The van der Waals surface area contributed by atoms with Crippen molar-refractivity contribution in [3.8, 4) is 5.75 Å². The Kier molecular flexibility index (Phi) is 7.30. The lowest BCUT2D eigenvalue weighted by Gasteiger charge is -2.15. The number of alkyl halides is 3. The summed E-state index contributed by atoms with van der Waals surface area (Å²) in [5.74, 6) is -1.44. The lowest BCUT2D eigenvalue weighted by atomic mass is 9.98. The first kappa shape index (κ1) is 19.0. The van der Waals surface area contributed by atoms with Crippen molar-refractivity contribution >= 4 is 12.4 Å². The van der Waals surface area contributed by atoms with Crippen molar-refractivity contribution in [1.29, 1.82) is 0 Å². The van der Waals surface area contributed by atoms with Crippen molar-refractivity contribution in [2.45, 2.75) is 39.1 Å². The molecule has 0 unspecified atom stereocenters. The predicted molar refractivity (Wildman–Crippen MR) is 71.3 cm³/mol. The number of ether oxygens (including phenoxy) is 1. The highest BCUT2D eigenvalue weighted by Gasteiger charge is 2.32. The first-order chi connectivity index (χ1) is 8.69. The van der Waals surface area contributed by atoms with Gasteiger partial charge in [0.15, 0.2) is 11.6 Å². The highest BCUT2D eigenvalue weighted by molar-refractivity contribution is 5.85. The van der Waals surface area contributed by atoms with Gasteiger partial charge in [0.05, 0.1) is 0 Å². The topological polar surface area (TPSA) is 35.2 Å². The van der Waals surface area contributed by atoms with E-state index >= 15 is 0 Å². The first-order valence-corrected chi connectivity index (χ1v) is 6.00. The minimum Gasteiger partial charge on any atom is -0.403 e. The molecule has 0 bridgehead atoms. The summed E-state index contributed by atoms with van der Waals surface area (Å²) in [6.07, 6.45) is -3.39. The molecule has 116 valence electrons. The molecule has 20 heavy (non-hydrogen) atoms. The van der Waals surface area contributed by atoms with E-state index in [0.717, 1.165) is 18.6 Å². The van der Waals surface area contributed by atoms with Crippen molar-refractivity contribution in [1.82, 2.24) is 0 Å². The zero-order chi connectivity index (χ0) is 14.6. The minimum absolute atomic E-state index is 0. The van der Waals surface area contributed by atoms with Crippen LogP contribution in [0, 0.1) is 11.7 Å². The molecule has 1 aromatic carbocycles. The Hall–Kier alpha value is -1.01. The van der Waals surface area contributed by atoms with E-state index in [1.54, 1.807) is 0 Å². The molecule has 0 aliphatic carbocycles. The standard InChI is InChI=1S/C13H17F4NO.ClH/c1-8(2)3-5-11(18)9-4-6-12(10(14)7-9)19-13(15,16)17;/h4,6-8,11H,3,5,18H2,1-2H3;1H/t11-;/m0./s1. The van der Waals surface area contributed by atoms with Gasteiger partial charge in [0, 0.05) is 6.04 Å². The number of benzene rings is 1. The molecule has 0 spiro atoms. The van der Waals surface area contributed by atoms with Crippen molar-refractivity contribution < 1.29 is 22.3 Å². The second-order valence-corrected chi connectivity index (χ2v) is 4.82. The summed E-state index contributed by atoms with van der Waals surface area (Å²) in [7, 11) is 0. The molecule has 1 rings (SSSR count). The highest BCUT2D eigenvalue weighted by Crippen LogP contribution is 2.28. The van der Waals surface area contributed by atoms with E-state index in [9.17, 15) is 17.6 Å². The van der Waals surface area contributed by atoms with Gasteiger partial charge in [0.1, 0.15) is 0 Å². The molecular weight excluding hydrogens is 298 g/mol. The first-order valence-electron chi connectivity index (χ1n) is 6.00.